The van der Waals surface area contributed by atoms with Crippen LogP contribution in [0.3, 0.4) is 0 Å². The Bertz CT molecular complexity index is 452. The molecule has 0 aliphatic carbocycles. The quantitative estimate of drug-likeness (QED) is 0.872. The Labute approximate surface area is 109 Å². The molecule has 2 heterocycles. The number of urea groups is 1. The van der Waals surface area contributed by atoms with Gasteiger partial charge >= 0.3 is 12.0 Å². The molecule has 18 heavy (non-hydrogen) atoms. The van der Waals surface area contributed by atoms with Gasteiger partial charge in [0.2, 0.25) is 0 Å². The Morgan fingerprint density at radius 3 is 2.78 bits per heavy atom. The third-order valence-corrected chi connectivity index (χ3v) is 4.01. The molecule has 0 atom stereocenters. The summed E-state index contributed by atoms with van der Waals surface area (Å²) in [5.41, 5.74) is 2.32. The number of amides is 2. The number of thiophene rings is 1. The highest BCUT2D eigenvalue weighted by Crippen LogP contribution is 2.19. The SMILES string of the molecule is Cc1cscc1CNC(=O)N1CC(CC(=O)O)C1. The van der Waals surface area contributed by atoms with Crippen LogP contribution in [0.15, 0.2) is 10.8 Å². The Morgan fingerprint density at radius 2 is 2.22 bits per heavy atom. The van der Waals surface area contributed by atoms with Gasteiger partial charge in [0.1, 0.15) is 0 Å². The van der Waals surface area contributed by atoms with Crippen molar-refractivity contribution in [3.63, 3.8) is 0 Å². The smallest absolute Gasteiger partial charge is 0.317 e. The lowest BCUT2D eigenvalue weighted by molar-refractivity contribution is -0.139. The van der Waals surface area contributed by atoms with Gasteiger partial charge in [-0.3, -0.25) is 4.79 Å². The summed E-state index contributed by atoms with van der Waals surface area (Å²) in [5, 5.41) is 15.5. The van der Waals surface area contributed by atoms with Crippen LogP contribution >= 0.6 is 11.3 Å². The lowest BCUT2D eigenvalue weighted by Crippen LogP contribution is -2.54. The topological polar surface area (TPSA) is 69.6 Å². The van der Waals surface area contributed by atoms with Crippen LogP contribution in [0.5, 0.6) is 0 Å². The second kappa shape index (κ2) is 5.39. The van der Waals surface area contributed by atoms with Crippen molar-refractivity contribution in [2.75, 3.05) is 13.1 Å². The molecule has 5 nitrogen and oxygen atoms in total. The summed E-state index contributed by atoms with van der Waals surface area (Å²) in [6, 6.07) is -0.109. The van der Waals surface area contributed by atoms with E-state index in [1.807, 2.05) is 17.7 Å². The number of carboxylic acids is 1. The summed E-state index contributed by atoms with van der Waals surface area (Å²) in [7, 11) is 0. The molecule has 1 saturated heterocycles. The number of hydrogen-bond acceptors (Lipinski definition) is 3. The second-order valence-corrected chi connectivity index (χ2v) is 5.35. The van der Waals surface area contributed by atoms with Crippen molar-refractivity contribution in [2.24, 2.45) is 5.92 Å². The first-order valence-electron chi connectivity index (χ1n) is 5.82. The minimum Gasteiger partial charge on any atom is -0.481 e. The van der Waals surface area contributed by atoms with Gasteiger partial charge in [-0.2, -0.15) is 11.3 Å². The number of nitrogens with one attached hydrogen (secondary N) is 1. The minimum atomic E-state index is -0.797. The van der Waals surface area contributed by atoms with Crippen molar-refractivity contribution in [1.82, 2.24) is 10.2 Å². The van der Waals surface area contributed by atoms with E-state index in [4.69, 9.17) is 5.11 Å². The van der Waals surface area contributed by atoms with Crippen molar-refractivity contribution >= 4 is 23.3 Å². The maximum Gasteiger partial charge on any atom is 0.317 e. The van der Waals surface area contributed by atoms with Gasteiger partial charge in [-0.25, -0.2) is 4.79 Å². The Morgan fingerprint density at radius 1 is 1.50 bits per heavy atom. The molecule has 2 N–H and O–H groups in total. The maximum atomic E-state index is 11.7. The molecular formula is C12H16N2O3S. The average molecular weight is 268 g/mol. The fraction of sp³-hybridized carbons (Fsp3) is 0.500. The summed E-state index contributed by atoms with van der Waals surface area (Å²) in [6.07, 6.45) is 0.146. The van der Waals surface area contributed by atoms with Gasteiger partial charge in [0, 0.05) is 25.6 Å². The molecule has 1 aliphatic heterocycles. The molecule has 1 aromatic heterocycles. The van der Waals surface area contributed by atoms with Gasteiger partial charge in [-0.05, 0) is 28.8 Å². The molecule has 2 rings (SSSR count). The summed E-state index contributed by atoms with van der Waals surface area (Å²) in [6.45, 7) is 3.64. The zero-order valence-electron chi connectivity index (χ0n) is 10.2. The van der Waals surface area contributed by atoms with Crippen LogP contribution in [-0.4, -0.2) is 35.1 Å². The van der Waals surface area contributed by atoms with E-state index in [-0.39, 0.29) is 18.4 Å². The van der Waals surface area contributed by atoms with Crippen LogP contribution < -0.4 is 5.32 Å². The third kappa shape index (κ3) is 3.01. The molecule has 0 saturated carbocycles. The summed E-state index contributed by atoms with van der Waals surface area (Å²) >= 11 is 1.62. The Balaban J connectivity index is 1.71. The molecule has 1 aliphatic rings. The Hall–Kier alpha value is -1.56. The van der Waals surface area contributed by atoms with Crippen molar-refractivity contribution < 1.29 is 14.7 Å². The number of rotatable bonds is 4. The van der Waals surface area contributed by atoms with Crippen LogP contribution in [0.25, 0.3) is 0 Å². The van der Waals surface area contributed by atoms with E-state index in [0.29, 0.717) is 19.6 Å². The lowest BCUT2D eigenvalue weighted by atomic mass is 9.97. The van der Waals surface area contributed by atoms with Gasteiger partial charge < -0.3 is 15.3 Å². The minimum absolute atomic E-state index is 0.108. The van der Waals surface area contributed by atoms with Gasteiger partial charge in [-0.15, -0.1) is 0 Å². The molecule has 1 fully saturated rings. The molecule has 1 aromatic rings. The van der Waals surface area contributed by atoms with E-state index in [0.717, 1.165) is 5.56 Å². The largest absolute Gasteiger partial charge is 0.481 e. The number of carbonyl (C=O) groups excluding carboxylic acids is 1. The highest BCUT2D eigenvalue weighted by molar-refractivity contribution is 7.08. The summed E-state index contributed by atoms with van der Waals surface area (Å²) in [4.78, 5) is 23.9. The first kappa shape index (κ1) is 12.9. The summed E-state index contributed by atoms with van der Waals surface area (Å²) in [5.74, 6) is -0.690. The van der Waals surface area contributed by atoms with Crippen LogP contribution in [0, 0.1) is 12.8 Å². The first-order chi connectivity index (χ1) is 8.56. The number of carbonyl (C=O) groups is 2. The van der Waals surface area contributed by atoms with Crippen LogP contribution in [-0.2, 0) is 11.3 Å². The maximum absolute atomic E-state index is 11.7. The van der Waals surface area contributed by atoms with E-state index in [1.165, 1.54) is 5.56 Å². The predicted molar refractivity (Wildman–Crippen MR) is 68.6 cm³/mol. The first-order valence-corrected chi connectivity index (χ1v) is 6.76. The predicted octanol–water partition coefficient (Wildman–Crippen LogP) is 1.67. The van der Waals surface area contributed by atoms with Crippen molar-refractivity contribution in [2.45, 2.75) is 19.9 Å². The van der Waals surface area contributed by atoms with Gasteiger partial charge in [-0.1, -0.05) is 0 Å². The fourth-order valence-corrected chi connectivity index (χ4v) is 2.82. The summed E-state index contributed by atoms with van der Waals surface area (Å²) < 4.78 is 0. The normalized spacial score (nSPS) is 15.3. The van der Waals surface area contributed by atoms with Crippen molar-refractivity contribution in [3.05, 3.63) is 21.9 Å². The van der Waals surface area contributed by atoms with Crippen molar-refractivity contribution in [3.8, 4) is 0 Å². The number of aryl methyl sites for hydroxylation is 1. The van der Waals surface area contributed by atoms with E-state index < -0.39 is 5.97 Å². The van der Waals surface area contributed by atoms with Gasteiger partial charge in [0.15, 0.2) is 0 Å². The van der Waals surface area contributed by atoms with E-state index in [9.17, 15) is 9.59 Å². The molecular weight excluding hydrogens is 252 g/mol. The number of nitrogens with zero attached hydrogens (tertiary/aromatic N) is 1. The molecule has 0 bridgehead atoms. The van der Waals surface area contributed by atoms with Crippen LogP contribution in [0.4, 0.5) is 4.79 Å². The number of likely N-dealkylation sites (tertiary alicyclic amines) is 1. The third-order valence-electron chi connectivity index (χ3n) is 3.10. The van der Waals surface area contributed by atoms with Gasteiger partial charge in [0.05, 0.1) is 6.42 Å². The van der Waals surface area contributed by atoms with E-state index in [2.05, 4.69) is 5.32 Å². The highest BCUT2D eigenvalue weighted by Gasteiger charge is 2.31. The number of hydrogen-bond donors (Lipinski definition) is 2. The van der Waals surface area contributed by atoms with Crippen LogP contribution in [0.1, 0.15) is 17.5 Å². The molecule has 0 aromatic carbocycles. The van der Waals surface area contributed by atoms with Gasteiger partial charge in [0.25, 0.3) is 0 Å². The molecule has 6 heteroatoms. The molecule has 0 spiro atoms. The van der Waals surface area contributed by atoms with E-state index in [1.54, 1.807) is 16.2 Å². The number of aliphatic carboxylic acids is 1. The molecule has 98 valence electrons. The fourth-order valence-electron chi connectivity index (χ4n) is 1.96. The molecule has 0 unspecified atom stereocenters. The molecule has 2 amide bonds. The zero-order valence-corrected chi connectivity index (χ0v) is 11.0. The second-order valence-electron chi connectivity index (χ2n) is 4.61. The lowest BCUT2D eigenvalue weighted by Gasteiger charge is -2.38. The monoisotopic (exact) mass is 268 g/mol. The highest BCUT2D eigenvalue weighted by atomic mass is 32.1. The Kier molecular flexibility index (Phi) is 3.86. The number of carboxylic acid groups (broad SMARTS) is 1. The van der Waals surface area contributed by atoms with Crippen LogP contribution in [0.2, 0.25) is 0 Å². The standard InChI is InChI=1S/C12H16N2O3S/c1-8-6-18-7-10(8)3-13-12(17)14-4-9(5-14)2-11(15)16/h6-7,9H,2-5H2,1H3,(H,13,17)(H,15,16). The zero-order chi connectivity index (χ0) is 13.1. The average Bonchev–Trinajstić information content (AvgIpc) is 2.65. The van der Waals surface area contributed by atoms with Crippen molar-refractivity contribution in [1.29, 1.82) is 0 Å². The van der Waals surface area contributed by atoms with E-state index >= 15 is 0 Å². The molecule has 0 radical (unpaired) electrons.